The van der Waals surface area contributed by atoms with Crippen molar-refractivity contribution in [2.24, 2.45) is 0 Å². The third kappa shape index (κ3) is 4.23. The van der Waals surface area contributed by atoms with E-state index >= 15 is 0 Å². The van der Waals surface area contributed by atoms with Gasteiger partial charge in [0.2, 0.25) is 0 Å². The van der Waals surface area contributed by atoms with Crippen LogP contribution in [-0.2, 0) is 0 Å². The number of para-hydroxylation sites is 1. The van der Waals surface area contributed by atoms with Crippen LogP contribution in [-0.4, -0.2) is 34.8 Å². The molecule has 1 aliphatic rings. The van der Waals surface area contributed by atoms with E-state index in [0.29, 0.717) is 18.7 Å². The standard InChI is InChI=1S/C16H23NO3/c1-13(18)12-14-8-4-3-7-11-17(14)16(19)20-15-9-5-2-6-10-15/h2,5-6,9-10,13-14,18H,3-4,7-8,11-12H2,1H3. The third-order valence-corrected chi connectivity index (χ3v) is 3.67. The van der Waals surface area contributed by atoms with E-state index in [-0.39, 0.29) is 12.1 Å². The summed E-state index contributed by atoms with van der Waals surface area (Å²) >= 11 is 0. The summed E-state index contributed by atoms with van der Waals surface area (Å²) in [7, 11) is 0. The average Bonchev–Trinajstić information content (AvgIpc) is 2.64. The lowest BCUT2D eigenvalue weighted by atomic mass is 10.0. The summed E-state index contributed by atoms with van der Waals surface area (Å²) in [6.45, 7) is 2.48. The van der Waals surface area contributed by atoms with Crippen LogP contribution in [0.1, 0.15) is 39.0 Å². The summed E-state index contributed by atoms with van der Waals surface area (Å²) in [6.07, 6.45) is 4.09. The van der Waals surface area contributed by atoms with Gasteiger partial charge in [0, 0.05) is 12.6 Å². The van der Waals surface area contributed by atoms with Crippen molar-refractivity contribution in [3.8, 4) is 5.75 Å². The molecule has 0 radical (unpaired) electrons. The zero-order chi connectivity index (χ0) is 14.4. The molecule has 1 heterocycles. The van der Waals surface area contributed by atoms with Crippen molar-refractivity contribution in [1.29, 1.82) is 0 Å². The topological polar surface area (TPSA) is 49.8 Å². The molecule has 1 aromatic carbocycles. The molecule has 1 aliphatic heterocycles. The molecule has 1 aromatic rings. The van der Waals surface area contributed by atoms with Crippen molar-refractivity contribution in [2.45, 2.75) is 51.2 Å². The molecule has 0 bridgehead atoms. The first kappa shape index (κ1) is 14.9. The van der Waals surface area contributed by atoms with E-state index in [1.807, 2.05) is 18.2 Å². The molecule has 2 atom stereocenters. The van der Waals surface area contributed by atoms with Crippen molar-refractivity contribution >= 4 is 6.09 Å². The molecule has 4 heteroatoms. The van der Waals surface area contributed by atoms with Crippen LogP contribution >= 0.6 is 0 Å². The van der Waals surface area contributed by atoms with Gasteiger partial charge in [-0.25, -0.2) is 4.79 Å². The maximum absolute atomic E-state index is 12.3. The smallest absolute Gasteiger partial charge is 0.410 e. The number of amides is 1. The normalized spacial score (nSPS) is 21.1. The predicted octanol–water partition coefficient (Wildman–Crippen LogP) is 3.20. The second kappa shape index (κ2) is 7.29. The minimum atomic E-state index is -0.398. The Bertz CT molecular complexity index is 419. The van der Waals surface area contributed by atoms with Gasteiger partial charge >= 0.3 is 6.09 Å². The van der Waals surface area contributed by atoms with Crippen LogP contribution in [0.15, 0.2) is 30.3 Å². The van der Waals surface area contributed by atoms with Crippen LogP contribution in [0.5, 0.6) is 5.75 Å². The van der Waals surface area contributed by atoms with Crippen molar-refractivity contribution in [1.82, 2.24) is 4.90 Å². The first-order valence-corrected chi connectivity index (χ1v) is 7.38. The Balaban J connectivity index is 2.03. The number of nitrogens with zero attached hydrogens (tertiary/aromatic N) is 1. The molecule has 1 fully saturated rings. The zero-order valence-electron chi connectivity index (χ0n) is 12.0. The van der Waals surface area contributed by atoms with E-state index in [9.17, 15) is 9.90 Å². The molecule has 20 heavy (non-hydrogen) atoms. The number of aliphatic hydroxyl groups is 1. The number of hydrogen-bond acceptors (Lipinski definition) is 3. The van der Waals surface area contributed by atoms with E-state index in [4.69, 9.17) is 4.74 Å². The van der Waals surface area contributed by atoms with Gasteiger partial charge in [0.15, 0.2) is 0 Å². The van der Waals surface area contributed by atoms with Crippen molar-refractivity contribution in [3.05, 3.63) is 30.3 Å². The molecular formula is C16H23NO3. The molecule has 1 saturated heterocycles. The van der Waals surface area contributed by atoms with Gasteiger partial charge in [-0.05, 0) is 38.3 Å². The fraction of sp³-hybridized carbons (Fsp3) is 0.562. The van der Waals surface area contributed by atoms with Crippen LogP contribution in [0.2, 0.25) is 0 Å². The Labute approximate surface area is 120 Å². The van der Waals surface area contributed by atoms with Crippen LogP contribution in [0, 0.1) is 0 Å². The monoisotopic (exact) mass is 277 g/mol. The third-order valence-electron chi connectivity index (χ3n) is 3.67. The van der Waals surface area contributed by atoms with Gasteiger partial charge in [-0.1, -0.05) is 31.0 Å². The van der Waals surface area contributed by atoms with E-state index in [1.165, 1.54) is 0 Å². The molecule has 0 aliphatic carbocycles. The first-order valence-electron chi connectivity index (χ1n) is 7.38. The van der Waals surface area contributed by atoms with Crippen LogP contribution < -0.4 is 4.74 Å². The number of carbonyl (C=O) groups is 1. The summed E-state index contributed by atoms with van der Waals surface area (Å²) in [5.41, 5.74) is 0. The molecular weight excluding hydrogens is 254 g/mol. The molecule has 1 N–H and O–H groups in total. The van der Waals surface area contributed by atoms with Crippen LogP contribution in [0.4, 0.5) is 4.79 Å². The van der Waals surface area contributed by atoms with E-state index in [0.717, 1.165) is 25.7 Å². The Morgan fingerprint density at radius 2 is 2.10 bits per heavy atom. The van der Waals surface area contributed by atoms with Gasteiger partial charge < -0.3 is 14.7 Å². The molecule has 0 saturated carbocycles. The van der Waals surface area contributed by atoms with Gasteiger partial charge in [-0.2, -0.15) is 0 Å². The lowest BCUT2D eigenvalue weighted by molar-refractivity contribution is 0.101. The van der Waals surface area contributed by atoms with Gasteiger partial charge in [-0.15, -0.1) is 0 Å². The molecule has 2 rings (SSSR count). The Hall–Kier alpha value is -1.55. The summed E-state index contributed by atoms with van der Waals surface area (Å²) < 4.78 is 5.43. The largest absolute Gasteiger partial charge is 0.415 e. The number of benzene rings is 1. The highest BCUT2D eigenvalue weighted by atomic mass is 16.6. The Kier molecular flexibility index (Phi) is 5.41. The second-order valence-corrected chi connectivity index (χ2v) is 5.46. The molecule has 4 nitrogen and oxygen atoms in total. The summed E-state index contributed by atoms with van der Waals surface area (Å²) in [5.74, 6) is 0.567. The quantitative estimate of drug-likeness (QED) is 0.923. The van der Waals surface area contributed by atoms with E-state index < -0.39 is 6.10 Å². The van der Waals surface area contributed by atoms with Gasteiger partial charge in [0.1, 0.15) is 5.75 Å². The number of rotatable bonds is 3. The molecule has 1 amide bonds. The highest BCUT2D eigenvalue weighted by Crippen LogP contribution is 2.22. The van der Waals surface area contributed by atoms with Crippen molar-refractivity contribution in [3.63, 3.8) is 0 Å². The zero-order valence-corrected chi connectivity index (χ0v) is 12.0. The summed E-state index contributed by atoms with van der Waals surface area (Å²) in [5, 5.41) is 9.61. The minimum absolute atomic E-state index is 0.0775. The predicted molar refractivity (Wildman–Crippen MR) is 77.7 cm³/mol. The van der Waals surface area contributed by atoms with Gasteiger partial charge in [-0.3, -0.25) is 0 Å². The summed E-state index contributed by atoms with van der Waals surface area (Å²) in [4.78, 5) is 14.1. The number of hydrogen-bond donors (Lipinski definition) is 1. The number of aliphatic hydroxyl groups excluding tert-OH is 1. The van der Waals surface area contributed by atoms with Gasteiger partial charge in [0.05, 0.1) is 6.10 Å². The first-order chi connectivity index (χ1) is 9.66. The highest BCUT2D eigenvalue weighted by molar-refractivity contribution is 5.71. The molecule has 110 valence electrons. The number of carbonyl (C=O) groups excluding carboxylic acids is 1. The van der Waals surface area contributed by atoms with Crippen molar-refractivity contribution < 1.29 is 14.6 Å². The lowest BCUT2D eigenvalue weighted by Gasteiger charge is -2.30. The van der Waals surface area contributed by atoms with Crippen LogP contribution in [0.3, 0.4) is 0 Å². The fourth-order valence-corrected chi connectivity index (χ4v) is 2.70. The van der Waals surface area contributed by atoms with E-state index in [2.05, 4.69) is 0 Å². The van der Waals surface area contributed by atoms with Crippen molar-refractivity contribution in [2.75, 3.05) is 6.54 Å². The highest BCUT2D eigenvalue weighted by Gasteiger charge is 2.27. The molecule has 0 spiro atoms. The second-order valence-electron chi connectivity index (χ2n) is 5.46. The van der Waals surface area contributed by atoms with Crippen LogP contribution in [0.25, 0.3) is 0 Å². The fourth-order valence-electron chi connectivity index (χ4n) is 2.70. The summed E-state index contributed by atoms with van der Waals surface area (Å²) in [6, 6.07) is 9.21. The van der Waals surface area contributed by atoms with Gasteiger partial charge in [0.25, 0.3) is 0 Å². The molecule has 0 aromatic heterocycles. The average molecular weight is 277 g/mol. The SMILES string of the molecule is CC(O)CC1CCCCCN1C(=O)Oc1ccccc1. The number of ether oxygens (including phenoxy) is 1. The molecule has 2 unspecified atom stereocenters. The number of likely N-dealkylation sites (tertiary alicyclic amines) is 1. The minimum Gasteiger partial charge on any atom is -0.410 e. The Morgan fingerprint density at radius 3 is 2.80 bits per heavy atom. The maximum atomic E-state index is 12.3. The Morgan fingerprint density at radius 1 is 1.35 bits per heavy atom. The van der Waals surface area contributed by atoms with E-state index in [1.54, 1.807) is 24.0 Å². The maximum Gasteiger partial charge on any atom is 0.415 e. The lowest BCUT2D eigenvalue weighted by Crippen LogP contribution is -2.43.